The highest BCUT2D eigenvalue weighted by Gasteiger charge is 2.21. The first-order chi connectivity index (χ1) is 10.0. The molecule has 114 valence electrons. The number of esters is 1. The Kier molecular flexibility index (Phi) is 6.86. The van der Waals surface area contributed by atoms with E-state index in [1.54, 1.807) is 31.5 Å². The van der Waals surface area contributed by atoms with E-state index in [-0.39, 0.29) is 25.9 Å². The van der Waals surface area contributed by atoms with E-state index in [9.17, 15) is 14.4 Å². The number of amides is 1. The van der Waals surface area contributed by atoms with Gasteiger partial charge >= 0.3 is 11.9 Å². The van der Waals surface area contributed by atoms with Crippen LogP contribution in [0.4, 0.5) is 0 Å². The molecule has 7 heteroatoms. The van der Waals surface area contributed by atoms with Gasteiger partial charge in [-0.05, 0) is 31.0 Å². The first-order valence-electron chi connectivity index (χ1n) is 6.59. The first kappa shape index (κ1) is 16.6. The third-order valence-corrected chi connectivity index (χ3v) is 2.69. The van der Waals surface area contributed by atoms with E-state index in [0.29, 0.717) is 0 Å². The van der Waals surface area contributed by atoms with Gasteiger partial charge in [0.2, 0.25) is 5.91 Å². The van der Waals surface area contributed by atoms with Gasteiger partial charge in [-0.25, -0.2) is 4.79 Å². The van der Waals surface area contributed by atoms with Crippen LogP contribution in [-0.4, -0.2) is 40.6 Å². The van der Waals surface area contributed by atoms with Gasteiger partial charge in [0.05, 0.1) is 13.0 Å². The molecule has 0 aliphatic carbocycles. The number of pyridine rings is 1. The number of carboxylic acid groups (broad SMARTS) is 1. The molecule has 1 amide bonds. The maximum atomic E-state index is 11.8. The molecule has 1 aromatic heterocycles. The maximum absolute atomic E-state index is 11.8. The highest BCUT2D eigenvalue weighted by atomic mass is 16.5. The van der Waals surface area contributed by atoms with Crippen LogP contribution in [0.2, 0.25) is 0 Å². The first-order valence-corrected chi connectivity index (χ1v) is 6.59. The predicted molar refractivity (Wildman–Crippen MR) is 73.4 cm³/mol. The molecule has 1 atom stereocenters. The van der Waals surface area contributed by atoms with Crippen LogP contribution >= 0.6 is 0 Å². The second kappa shape index (κ2) is 8.68. The van der Waals surface area contributed by atoms with E-state index < -0.39 is 23.9 Å². The molecule has 0 spiro atoms. The van der Waals surface area contributed by atoms with Gasteiger partial charge in [0.25, 0.3) is 0 Å². The summed E-state index contributed by atoms with van der Waals surface area (Å²) in [5.74, 6) is -2.08. The van der Waals surface area contributed by atoms with Crippen molar-refractivity contribution in [1.82, 2.24) is 10.3 Å². The Balaban J connectivity index is 2.48. The van der Waals surface area contributed by atoms with Crippen molar-refractivity contribution in [2.24, 2.45) is 0 Å². The Labute approximate surface area is 122 Å². The number of ether oxygens (including phenoxy) is 1. The lowest BCUT2D eigenvalue weighted by Gasteiger charge is -2.14. The van der Waals surface area contributed by atoms with Crippen molar-refractivity contribution >= 4 is 17.8 Å². The van der Waals surface area contributed by atoms with Crippen LogP contribution in [0.5, 0.6) is 0 Å². The lowest BCUT2D eigenvalue weighted by Crippen LogP contribution is -2.41. The number of carbonyl (C=O) groups is 3. The van der Waals surface area contributed by atoms with Crippen LogP contribution in [0.15, 0.2) is 24.5 Å². The number of aromatic nitrogens is 1. The van der Waals surface area contributed by atoms with Crippen molar-refractivity contribution in [3.63, 3.8) is 0 Å². The van der Waals surface area contributed by atoms with Crippen LogP contribution in [0.3, 0.4) is 0 Å². The topological polar surface area (TPSA) is 106 Å². The second-order valence-electron chi connectivity index (χ2n) is 4.33. The highest BCUT2D eigenvalue weighted by Crippen LogP contribution is 2.02. The Morgan fingerprint density at radius 3 is 2.57 bits per heavy atom. The van der Waals surface area contributed by atoms with Crippen molar-refractivity contribution < 1.29 is 24.2 Å². The minimum Gasteiger partial charge on any atom is -0.480 e. The summed E-state index contributed by atoms with van der Waals surface area (Å²) in [5, 5.41) is 11.4. The lowest BCUT2D eigenvalue weighted by molar-refractivity contribution is -0.145. The molecule has 0 saturated carbocycles. The van der Waals surface area contributed by atoms with Gasteiger partial charge in [-0.2, -0.15) is 0 Å². The largest absolute Gasteiger partial charge is 0.480 e. The summed E-state index contributed by atoms with van der Waals surface area (Å²) in [4.78, 5) is 37.9. The van der Waals surface area contributed by atoms with Crippen molar-refractivity contribution in [3.8, 4) is 0 Å². The van der Waals surface area contributed by atoms with Crippen molar-refractivity contribution in [1.29, 1.82) is 0 Å². The van der Waals surface area contributed by atoms with Crippen LogP contribution in [-0.2, 0) is 25.5 Å². The quantitative estimate of drug-likeness (QED) is 0.678. The van der Waals surface area contributed by atoms with Gasteiger partial charge in [-0.3, -0.25) is 14.6 Å². The van der Waals surface area contributed by atoms with E-state index in [1.807, 2.05) is 0 Å². The van der Waals surface area contributed by atoms with Gasteiger partial charge < -0.3 is 15.2 Å². The summed E-state index contributed by atoms with van der Waals surface area (Å²) in [6.07, 6.45) is 3.11. The fourth-order valence-electron chi connectivity index (χ4n) is 1.68. The van der Waals surface area contributed by atoms with Gasteiger partial charge in [-0.1, -0.05) is 0 Å². The number of nitrogens with one attached hydrogen (secondary N) is 1. The van der Waals surface area contributed by atoms with Gasteiger partial charge in [0.15, 0.2) is 0 Å². The monoisotopic (exact) mass is 294 g/mol. The molecule has 1 heterocycles. The fourth-order valence-corrected chi connectivity index (χ4v) is 1.68. The number of rotatable bonds is 8. The summed E-state index contributed by atoms with van der Waals surface area (Å²) in [6.45, 7) is 1.91. The summed E-state index contributed by atoms with van der Waals surface area (Å²) >= 11 is 0. The van der Waals surface area contributed by atoms with Crippen molar-refractivity contribution in [2.75, 3.05) is 6.61 Å². The van der Waals surface area contributed by atoms with Crippen molar-refractivity contribution in [3.05, 3.63) is 30.1 Å². The number of hydrogen-bond donors (Lipinski definition) is 2. The third kappa shape index (κ3) is 6.51. The molecule has 0 aromatic carbocycles. The Morgan fingerprint density at radius 2 is 2.00 bits per heavy atom. The SMILES string of the molecule is CCOC(=O)CC[C@H](NC(=O)Cc1ccncc1)C(=O)O. The van der Waals surface area contributed by atoms with E-state index in [2.05, 4.69) is 10.3 Å². The molecule has 0 aliphatic heterocycles. The Morgan fingerprint density at radius 1 is 1.33 bits per heavy atom. The Bertz CT molecular complexity index is 489. The molecule has 0 unspecified atom stereocenters. The third-order valence-electron chi connectivity index (χ3n) is 2.69. The number of hydrogen-bond acceptors (Lipinski definition) is 5. The summed E-state index contributed by atoms with van der Waals surface area (Å²) in [5.41, 5.74) is 0.733. The van der Waals surface area contributed by atoms with E-state index >= 15 is 0 Å². The molecular weight excluding hydrogens is 276 g/mol. The van der Waals surface area contributed by atoms with Crippen LogP contribution in [0.1, 0.15) is 25.3 Å². The predicted octanol–water partition coefficient (Wildman–Crippen LogP) is 0.537. The van der Waals surface area contributed by atoms with Gasteiger partial charge in [0, 0.05) is 18.8 Å². The molecule has 7 nitrogen and oxygen atoms in total. The number of carbonyl (C=O) groups excluding carboxylic acids is 2. The molecule has 0 saturated heterocycles. The standard InChI is InChI=1S/C14H18N2O5/c1-2-21-13(18)4-3-11(14(19)20)16-12(17)9-10-5-7-15-8-6-10/h5-8,11H,2-4,9H2,1H3,(H,16,17)(H,19,20)/t11-/m0/s1. The zero-order valence-corrected chi connectivity index (χ0v) is 11.7. The van der Waals surface area contributed by atoms with Crippen molar-refractivity contribution in [2.45, 2.75) is 32.2 Å². The van der Waals surface area contributed by atoms with Gasteiger partial charge in [-0.15, -0.1) is 0 Å². The molecule has 0 fully saturated rings. The normalized spacial score (nSPS) is 11.5. The maximum Gasteiger partial charge on any atom is 0.326 e. The van der Waals surface area contributed by atoms with Crippen LogP contribution in [0, 0.1) is 0 Å². The molecule has 0 bridgehead atoms. The number of nitrogens with zero attached hydrogens (tertiary/aromatic N) is 1. The second-order valence-corrected chi connectivity index (χ2v) is 4.33. The summed E-state index contributed by atoms with van der Waals surface area (Å²) < 4.78 is 4.72. The van der Waals surface area contributed by atoms with E-state index in [1.165, 1.54) is 0 Å². The van der Waals surface area contributed by atoms with Gasteiger partial charge in [0.1, 0.15) is 6.04 Å². The Hall–Kier alpha value is -2.44. The van der Waals surface area contributed by atoms with E-state index in [4.69, 9.17) is 9.84 Å². The minimum atomic E-state index is -1.18. The smallest absolute Gasteiger partial charge is 0.326 e. The molecule has 21 heavy (non-hydrogen) atoms. The number of aliphatic carboxylic acids is 1. The molecular formula is C14H18N2O5. The average molecular weight is 294 g/mol. The molecule has 1 aromatic rings. The molecule has 1 rings (SSSR count). The fraction of sp³-hybridized carbons (Fsp3) is 0.429. The van der Waals surface area contributed by atoms with E-state index in [0.717, 1.165) is 5.56 Å². The summed E-state index contributed by atoms with van der Waals surface area (Å²) in [6, 6.07) is 2.24. The highest BCUT2D eigenvalue weighted by molar-refractivity contribution is 5.85. The van der Waals surface area contributed by atoms with Crippen LogP contribution < -0.4 is 5.32 Å². The zero-order valence-electron chi connectivity index (χ0n) is 11.7. The lowest BCUT2D eigenvalue weighted by atomic mass is 10.1. The van der Waals surface area contributed by atoms with Crippen LogP contribution in [0.25, 0.3) is 0 Å². The minimum absolute atomic E-state index is 0.00372. The number of carboxylic acids is 1. The molecule has 0 aliphatic rings. The zero-order chi connectivity index (χ0) is 15.7. The summed E-state index contributed by atoms with van der Waals surface area (Å²) in [7, 11) is 0. The molecule has 0 radical (unpaired) electrons. The average Bonchev–Trinajstić information content (AvgIpc) is 2.44. The molecule has 2 N–H and O–H groups in total.